The predicted octanol–water partition coefficient (Wildman–Crippen LogP) is -1.56. The van der Waals surface area contributed by atoms with Gasteiger partial charge in [0, 0.05) is 13.1 Å². The van der Waals surface area contributed by atoms with E-state index in [9.17, 15) is 0 Å². The zero-order valence-electron chi connectivity index (χ0n) is 5.63. The minimum atomic E-state index is 0.0565. The molecule has 0 heterocycles. The second kappa shape index (κ2) is 6.73. The molecule has 0 aliphatic heterocycles. The lowest BCUT2D eigenvalue weighted by atomic mass is 10.6. The fourth-order valence-corrected chi connectivity index (χ4v) is 0.605. The molecule has 0 saturated heterocycles. The zero-order chi connectivity index (χ0) is 7.82. The van der Waals surface area contributed by atoms with Crippen molar-refractivity contribution in [2.24, 2.45) is 0 Å². The first-order valence-corrected chi connectivity index (χ1v) is 3.45. The monoisotopic (exact) mass is 164 g/mol. The first-order chi connectivity index (χ1) is 4.81. The third kappa shape index (κ3) is 5.74. The molecular weight excluding hydrogens is 152 g/mol. The van der Waals surface area contributed by atoms with Crippen molar-refractivity contribution in [3.05, 3.63) is 0 Å². The molecule has 0 fully saturated rings. The van der Waals surface area contributed by atoms with Gasteiger partial charge in [-0.2, -0.15) is 0 Å². The Morgan fingerprint density at radius 3 is 1.80 bits per heavy atom. The normalized spacial score (nSPS) is 9.00. The summed E-state index contributed by atoms with van der Waals surface area (Å²) in [7, 11) is 0. The molecule has 0 radical (unpaired) electrons. The van der Waals surface area contributed by atoms with E-state index >= 15 is 0 Å². The van der Waals surface area contributed by atoms with E-state index in [-0.39, 0.29) is 13.2 Å². The van der Waals surface area contributed by atoms with Crippen LogP contribution in [0.15, 0.2) is 0 Å². The summed E-state index contributed by atoms with van der Waals surface area (Å²) in [5.41, 5.74) is 0. The number of aliphatic hydroxyl groups is 2. The van der Waals surface area contributed by atoms with Gasteiger partial charge in [-0.1, -0.05) is 0 Å². The molecule has 0 aromatic heterocycles. The van der Waals surface area contributed by atoms with Gasteiger partial charge in [0.05, 0.1) is 13.2 Å². The van der Waals surface area contributed by atoms with E-state index in [1.54, 1.807) is 0 Å². The molecule has 0 atom stereocenters. The van der Waals surface area contributed by atoms with Crippen LogP contribution in [-0.4, -0.2) is 41.6 Å². The molecule has 0 amide bonds. The molecule has 4 N–H and O–H groups in total. The van der Waals surface area contributed by atoms with Gasteiger partial charge in [-0.15, -0.1) is 0 Å². The zero-order valence-corrected chi connectivity index (χ0v) is 6.45. The highest BCUT2D eigenvalue weighted by Crippen LogP contribution is 1.64. The Labute approximate surface area is 65.2 Å². The van der Waals surface area contributed by atoms with Gasteiger partial charge in [0.25, 0.3) is 0 Å². The molecule has 0 rings (SSSR count). The van der Waals surface area contributed by atoms with Crippen molar-refractivity contribution < 1.29 is 10.2 Å². The smallest absolute Gasteiger partial charge is 0.166 e. The van der Waals surface area contributed by atoms with Crippen LogP contribution in [0.3, 0.4) is 0 Å². The van der Waals surface area contributed by atoms with Crippen molar-refractivity contribution >= 4 is 17.3 Å². The van der Waals surface area contributed by atoms with Crippen LogP contribution in [0.2, 0.25) is 0 Å². The fraction of sp³-hybridized carbons (Fsp3) is 0.800. The summed E-state index contributed by atoms with van der Waals surface area (Å²) in [6.07, 6.45) is 0. The van der Waals surface area contributed by atoms with Gasteiger partial charge >= 0.3 is 0 Å². The van der Waals surface area contributed by atoms with Crippen LogP contribution >= 0.6 is 12.2 Å². The summed E-state index contributed by atoms with van der Waals surface area (Å²) in [4.78, 5) is 0. The standard InChI is InChI=1S/C5H12N2O2S/c8-3-1-6-5(10)7-2-4-9/h8-9H,1-4H2,(H2,6,7,10). The molecular formula is C5H12N2O2S. The largest absolute Gasteiger partial charge is 0.395 e. The van der Waals surface area contributed by atoms with Crippen molar-refractivity contribution in [1.29, 1.82) is 0 Å². The van der Waals surface area contributed by atoms with Crippen molar-refractivity contribution in [1.82, 2.24) is 10.6 Å². The van der Waals surface area contributed by atoms with E-state index in [0.717, 1.165) is 0 Å². The first-order valence-electron chi connectivity index (χ1n) is 3.04. The fourth-order valence-electron chi connectivity index (χ4n) is 0.401. The van der Waals surface area contributed by atoms with Crippen LogP contribution in [0.4, 0.5) is 0 Å². The Morgan fingerprint density at radius 2 is 1.50 bits per heavy atom. The molecule has 0 aromatic rings. The number of hydrogen-bond donors (Lipinski definition) is 4. The second-order valence-corrected chi connectivity index (χ2v) is 2.04. The summed E-state index contributed by atoms with van der Waals surface area (Å²) in [6.45, 7) is 0.996. The first kappa shape index (κ1) is 9.61. The minimum Gasteiger partial charge on any atom is -0.395 e. The maximum Gasteiger partial charge on any atom is 0.166 e. The molecule has 0 bridgehead atoms. The van der Waals surface area contributed by atoms with E-state index in [4.69, 9.17) is 22.4 Å². The molecule has 0 unspecified atom stereocenters. The minimum absolute atomic E-state index is 0.0565. The second-order valence-electron chi connectivity index (χ2n) is 1.63. The van der Waals surface area contributed by atoms with Crippen LogP contribution in [0, 0.1) is 0 Å². The van der Waals surface area contributed by atoms with Crippen LogP contribution in [0.25, 0.3) is 0 Å². The highest BCUT2D eigenvalue weighted by atomic mass is 32.1. The average Bonchev–Trinajstić information content (AvgIpc) is 1.97. The summed E-state index contributed by atoms with van der Waals surface area (Å²) in [5, 5.41) is 22.6. The number of nitrogens with one attached hydrogen (secondary N) is 2. The molecule has 0 aliphatic rings. The van der Waals surface area contributed by atoms with Gasteiger partial charge in [0.2, 0.25) is 0 Å². The summed E-state index contributed by atoms with van der Waals surface area (Å²) in [5.74, 6) is 0. The van der Waals surface area contributed by atoms with Crippen molar-refractivity contribution in [2.45, 2.75) is 0 Å². The van der Waals surface area contributed by atoms with Crippen molar-refractivity contribution in [3.8, 4) is 0 Å². The Balaban J connectivity index is 3.09. The number of hydrogen-bond acceptors (Lipinski definition) is 3. The topological polar surface area (TPSA) is 64.5 Å². The molecule has 0 aliphatic carbocycles. The van der Waals surface area contributed by atoms with Gasteiger partial charge in [-0.3, -0.25) is 0 Å². The van der Waals surface area contributed by atoms with E-state index < -0.39 is 0 Å². The molecule has 5 heteroatoms. The molecule has 0 saturated carbocycles. The average molecular weight is 164 g/mol. The number of rotatable bonds is 4. The van der Waals surface area contributed by atoms with Gasteiger partial charge in [0.15, 0.2) is 5.11 Å². The molecule has 60 valence electrons. The van der Waals surface area contributed by atoms with Gasteiger partial charge in [-0.25, -0.2) is 0 Å². The number of thiocarbonyl (C=S) groups is 1. The number of aliphatic hydroxyl groups excluding tert-OH is 2. The van der Waals surface area contributed by atoms with E-state index in [1.807, 2.05) is 0 Å². The lowest BCUT2D eigenvalue weighted by molar-refractivity contribution is 0.296. The maximum atomic E-state index is 8.34. The highest BCUT2D eigenvalue weighted by Gasteiger charge is 1.89. The van der Waals surface area contributed by atoms with Crippen LogP contribution in [0.1, 0.15) is 0 Å². The van der Waals surface area contributed by atoms with Crippen LogP contribution in [0.5, 0.6) is 0 Å². The third-order valence-corrected chi connectivity index (χ3v) is 1.08. The van der Waals surface area contributed by atoms with Crippen LogP contribution in [-0.2, 0) is 0 Å². The lowest BCUT2D eigenvalue weighted by Crippen LogP contribution is -2.38. The highest BCUT2D eigenvalue weighted by molar-refractivity contribution is 7.80. The van der Waals surface area contributed by atoms with Gasteiger partial charge in [-0.05, 0) is 12.2 Å². The van der Waals surface area contributed by atoms with Gasteiger partial charge < -0.3 is 20.8 Å². The van der Waals surface area contributed by atoms with E-state index in [1.165, 1.54) is 0 Å². The summed E-state index contributed by atoms with van der Waals surface area (Å²) >= 11 is 4.74. The quantitative estimate of drug-likeness (QED) is 0.378. The SMILES string of the molecule is OCCNC(=S)NCCO. The van der Waals surface area contributed by atoms with E-state index in [0.29, 0.717) is 18.2 Å². The van der Waals surface area contributed by atoms with E-state index in [2.05, 4.69) is 10.6 Å². The van der Waals surface area contributed by atoms with Gasteiger partial charge in [0.1, 0.15) is 0 Å². The maximum absolute atomic E-state index is 8.34. The lowest BCUT2D eigenvalue weighted by Gasteiger charge is -2.06. The third-order valence-electron chi connectivity index (χ3n) is 0.795. The molecule has 10 heavy (non-hydrogen) atoms. The Hall–Kier alpha value is -0.390. The predicted molar refractivity (Wildman–Crippen MR) is 42.8 cm³/mol. The summed E-state index contributed by atoms with van der Waals surface area (Å²) in [6, 6.07) is 0. The van der Waals surface area contributed by atoms with Crippen molar-refractivity contribution in [3.63, 3.8) is 0 Å². The van der Waals surface area contributed by atoms with Crippen molar-refractivity contribution in [2.75, 3.05) is 26.3 Å². The summed E-state index contributed by atoms with van der Waals surface area (Å²) < 4.78 is 0. The molecule has 0 aromatic carbocycles. The molecule has 4 nitrogen and oxygen atoms in total. The Morgan fingerprint density at radius 1 is 1.10 bits per heavy atom. The molecule has 0 spiro atoms. The van der Waals surface area contributed by atoms with Crippen LogP contribution < -0.4 is 10.6 Å². The Bertz CT molecular complexity index is 89.6. The Kier molecular flexibility index (Phi) is 6.46.